The van der Waals surface area contributed by atoms with Gasteiger partial charge in [0.1, 0.15) is 16.8 Å². The quantitative estimate of drug-likeness (QED) is 0.387. The molecule has 0 atom stereocenters. The number of carbonyl (C=O) groups is 2. The maximum atomic E-state index is 12.9. The molecule has 2 amide bonds. The van der Waals surface area contributed by atoms with E-state index in [0.717, 1.165) is 0 Å². The second kappa shape index (κ2) is 10.7. The first kappa shape index (κ1) is 24.8. The largest absolute Gasteiger partial charge is 0.489 e. The van der Waals surface area contributed by atoms with Gasteiger partial charge in [-0.25, -0.2) is 0 Å². The van der Waals surface area contributed by atoms with Crippen molar-refractivity contribution in [2.75, 3.05) is 11.9 Å². The van der Waals surface area contributed by atoms with Crippen LogP contribution in [0.15, 0.2) is 47.0 Å². The lowest BCUT2D eigenvalue weighted by Gasteiger charge is -2.22. The highest BCUT2D eigenvalue weighted by Gasteiger charge is 2.23. The lowest BCUT2D eigenvalue weighted by Crippen LogP contribution is -2.41. The summed E-state index contributed by atoms with van der Waals surface area (Å²) in [4.78, 5) is 25.7. The number of benzene rings is 2. The number of amides is 2. The van der Waals surface area contributed by atoms with Gasteiger partial charge in [0, 0.05) is 15.2 Å². The number of rotatable bonds is 6. The third kappa shape index (κ3) is 7.34. The van der Waals surface area contributed by atoms with Crippen molar-refractivity contribution in [2.24, 2.45) is 0 Å². The van der Waals surface area contributed by atoms with Crippen molar-refractivity contribution in [3.05, 3.63) is 66.7 Å². The molecule has 0 aliphatic heterocycles. The smallest absolute Gasteiger partial charge is 0.256 e. The molecule has 0 heterocycles. The Kier molecular flexibility index (Phi) is 8.85. The van der Waals surface area contributed by atoms with Crippen LogP contribution in [-0.2, 0) is 0 Å². The van der Waals surface area contributed by atoms with E-state index in [9.17, 15) is 9.59 Å². The minimum Gasteiger partial charge on any atom is -0.489 e. The zero-order chi connectivity index (χ0) is 22.5. The van der Waals surface area contributed by atoms with Gasteiger partial charge in [-0.1, -0.05) is 40.9 Å². The average Bonchev–Trinajstić information content (AvgIpc) is 2.61. The highest BCUT2D eigenvalue weighted by molar-refractivity contribution is 14.1. The van der Waals surface area contributed by atoms with E-state index in [0.29, 0.717) is 20.6 Å². The van der Waals surface area contributed by atoms with Crippen molar-refractivity contribution in [3.8, 4) is 5.75 Å². The Hall–Kier alpha value is -1.48. The van der Waals surface area contributed by atoms with Crippen LogP contribution in [0.3, 0.4) is 0 Å². The minimum atomic E-state index is -0.444. The molecular formula is C21H20Cl3IN2O3. The van der Waals surface area contributed by atoms with Gasteiger partial charge in [-0.3, -0.25) is 9.59 Å². The Morgan fingerprint density at radius 3 is 2.43 bits per heavy atom. The van der Waals surface area contributed by atoms with Gasteiger partial charge in [-0.2, -0.15) is 0 Å². The Morgan fingerprint density at radius 2 is 1.83 bits per heavy atom. The highest BCUT2D eigenvalue weighted by Crippen LogP contribution is 2.28. The van der Waals surface area contributed by atoms with E-state index in [1.807, 2.05) is 43.4 Å². The summed E-state index contributed by atoms with van der Waals surface area (Å²) in [6, 6.07) is 9.93. The maximum Gasteiger partial charge on any atom is 0.256 e. The van der Waals surface area contributed by atoms with Gasteiger partial charge in [-0.05, 0) is 73.7 Å². The van der Waals surface area contributed by atoms with Gasteiger partial charge < -0.3 is 15.4 Å². The van der Waals surface area contributed by atoms with Crippen LogP contribution < -0.4 is 15.4 Å². The third-order valence-corrected chi connectivity index (χ3v) is 5.17. The standard InChI is InChI=1S/C21H20Cl3IN2O3/c1-21(2,3)27-20(29)18-13(5-4-6-15(18)25)19(28)26-16-8-7-12(11-14(16)22)30-10-9-17(23)24/h4-9,11H,10H2,1-3H3,(H,26,28)(H,27,29). The highest BCUT2D eigenvalue weighted by atomic mass is 127. The van der Waals surface area contributed by atoms with Crippen LogP contribution in [0.4, 0.5) is 5.69 Å². The normalized spacial score (nSPS) is 10.9. The van der Waals surface area contributed by atoms with Gasteiger partial charge in [0.05, 0.1) is 21.8 Å². The maximum absolute atomic E-state index is 12.9. The van der Waals surface area contributed by atoms with E-state index >= 15 is 0 Å². The van der Waals surface area contributed by atoms with E-state index in [1.165, 1.54) is 6.08 Å². The molecule has 160 valence electrons. The summed E-state index contributed by atoms with van der Waals surface area (Å²) in [6.45, 7) is 5.81. The van der Waals surface area contributed by atoms with Gasteiger partial charge in [0.2, 0.25) is 0 Å². The third-order valence-electron chi connectivity index (χ3n) is 3.65. The molecule has 2 rings (SSSR count). The van der Waals surface area contributed by atoms with Crippen molar-refractivity contribution in [2.45, 2.75) is 26.3 Å². The second-order valence-corrected chi connectivity index (χ2v) is 9.84. The molecule has 0 bridgehead atoms. The van der Waals surface area contributed by atoms with Crippen LogP contribution in [-0.4, -0.2) is 24.0 Å². The number of hydrogen-bond donors (Lipinski definition) is 2. The molecule has 0 aliphatic carbocycles. The van der Waals surface area contributed by atoms with Crippen LogP contribution in [0.25, 0.3) is 0 Å². The van der Waals surface area contributed by atoms with Crippen molar-refractivity contribution < 1.29 is 14.3 Å². The predicted octanol–water partition coefficient (Wildman–Crippen LogP) is 6.42. The van der Waals surface area contributed by atoms with Crippen LogP contribution in [0.5, 0.6) is 5.75 Å². The first-order chi connectivity index (χ1) is 14.0. The molecule has 30 heavy (non-hydrogen) atoms. The Bertz CT molecular complexity index is 984. The lowest BCUT2D eigenvalue weighted by molar-refractivity contribution is 0.0908. The monoisotopic (exact) mass is 580 g/mol. The van der Waals surface area contributed by atoms with Crippen molar-refractivity contribution in [3.63, 3.8) is 0 Å². The summed E-state index contributed by atoms with van der Waals surface area (Å²) in [5.41, 5.74) is 0.514. The van der Waals surface area contributed by atoms with Crippen molar-refractivity contribution in [1.82, 2.24) is 5.32 Å². The fourth-order valence-corrected chi connectivity index (χ4v) is 3.51. The molecule has 2 aromatic rings. The fraction of sp³-hybridized carbons (Fsp3) is 0.238. The topological polar surface area (TPSA) is 67.4 Å². The summed E-state index contributed by atoms with van der Waals surface area (Å²) < 4.78 is 6.23. The van der Waals surface area contributed by atoms with E-state index in [4.69, 9.17) is 39.5 Å². The average molecular weight is 582 g/mol. The Balaban J connectivity index is 2.23. The molecular weight excluding hydrogens is 562 g/mol. The molecule has 0 saturated heterocycles. The zero-order valence-corrected chi connectivity index (χ0v) is 20.9. The van der Waals surface area contributed by atoms with Gasteiger partial charge >= 0.3 is 0 Å². The summed E-state index contributed by atoms with van der Waals surface area (Å²) >= 11 is 19.4. The molecule has 0 unspecified atom stereocenters. The SMILES string of the molecule is CC(C)(C)NC(=O)c1c(I)cccc1C(=O)Nc1ccc(OCC=C(Cl)Cl)cc1Cl. The molecule has 0 saturated carbocycles. The van der Waals surface area contributed by atoms with Gasteiger partial charge in [0.15, 0.2) is 0 Å². The minimum absolute atomic E-state index is 0.105. The van der Waals surface area contributed by atoms with Crippen LogP contribution in [0, 0.1) is 3.57 Å². The first-order valence-electron chi connectivity index (χ1n) is 8.84. The lowest BCUT2D eigenvalue weighted by atomic mass is 10.0. The van der Waals surface area contributed by atoms with E-state index in [1.54, 1.807) is 36.4 Å². The number of carbonyl (C=O) groups excluding carboxylic acids is 2. The summed E-state index contributed by atoms with van der Waals surface area (Å²) in [7, 11) is 0. The number of halogens is 4. The van der Waals surface area contributed by atoms with Crippen LogP contribution in [0.2, 0.25) is 5.02 Å². The number of anilines is 1. The molecule has 5 nitrogen and oxygen atoms in total. The van der Waals surface area contributed by atoms with Gasteiger partial charge in [0.25, 0.3) is 11.8 Å². The van der Waals surface area contributed by atoms with E-state index in [2.05, 4.69) is 10.6 Å². The van der Waals surface area contributed by atoms with E-state index in [-0.39, 0.29) is 27.6 Å². The molecule has 0 aromatic heterocycles. The van der Waals surface area contributed by atoms with Crippen LogP contribution >= 0.6 is 57.4 Å². The Labute approximate surface area is 204 Å². The zero-order valence-electron chi connectivity index (χ0n) is 16.5. The van der Waals surface area contributed by atoms with Crippen LogP contribution in [0.1, 0.15) is 41.5 Å². The number of nitrogens with one attached hydrogen (secondary N) is 2. The molecule has 2 aromatic carbocycles. The molecule has 0 radical (unpaired) electrons. The first-order valence-corrected chi connectivity index (χ1v) is 11.0. The summed E-state index contributed by atoms with van der Waals surface area (Å²) in [5.74, 6) is -0.276. The second-order valence-electron chi connectivity index (χ2n) is 7.27. The molecule has 2 N–H and O–H groups in total. The number of ether oxygens (including phenoxy) is 1. The molecule has 0 fully saturated rings. The molecule has 0 aliphatic rings. The van der Waals surface area contributed by atoms with Crippen molar-refractivity contribution >= 4 is 74.9 Å². The summed E-state index contributed by atoms with van der Waals surface area (Å²) in [5, 5.41) is 5.93. The predicted molar refractivity (Wildman–Crippen MR) is 131 cm³/mol. The Morgan fingerprint density at radius 1 is 1.13 bits per heavy atom. The number of hydrogen-bond acceptors (Lipinski definition) is 3. The summed E-state index contributed by atoms with van der Waals surface area (Å²) in [6.07, 6.45) is 1.49. The molecule has 9 heteroatoms. The van der Waals surface area contributed by atoms with Gasteiger partial charge in [-0.15, -0.1) is 0 Å². The van der Waals surface area contributed by atoms with E-state index < -0.39 is 11.4 Å². The fourth-order valence-electron chi connectivity index (χ4n) is 2.42. The molecule has 0 spiro atoms. The van der Waals surface area contributed by atoms with Crippen molar-refractivity contribution in [1.29, 1.82) is 0 Å².